The van der Waals surface area contributed by atoms with Crippen LogP contribution >= 0.6 is 0 Å². The van der Waals surface area contributed by atoms with Gasteiger partial charge in [-0.2, -0.15) is 0 Å². The third-order valence-electron chi connectivity index (χ3n) is 4.32. The topological polar surface area (TPSA) is 51.5 Å². The van der Waals surface area contributed by atoms with Crippen LogP contribution in [0, 0.1) is 0 Å². The molecule has 1 heterocycles. The predicted octanol–water partition coefficient (Wildman–Crippen LogP) is 4.14. The highest BCUT2D eigenvalue weighted by Gasteiger charge is 2.11. The Kier molecular flexibility index (Phi) is 4.67. The molecule has 4 nitrogen and oxygen atoms in total. The Morgan fingerprint density at radius 2 is 1.88 bits per heavy atom. The SMILES string of the molecule is CCC(NC)c1ccc2cc(-c3ccc(OC)cc3)c(=O)oc2c1. The maximum absolute atomic E-state index is 12.4. The second-order valence-corrected chi connectivity index (χ2v) is 5.72. The summed E-state index contributed by atoms with van der Waals surface area (Å²) in [5, 5.41) is 4.18. The van der Waals surface area contributed by atoms with Crippen LogP contribution in [0.1, 0.15) is 24.9 Å². The largest absolute Gasteiger partial charge is 0.497 e. The first kappa shape index (κ1) is 16.3. The first-order chi connectivity index (χ1) is 11.7. The fourth-order valence-corrected chi connectivity index (χ4v) is 2.92. The third-order valence-corrected chi connectivity index (χ3v) is 4.32. The molecule has 0 spiro atoms. The molecule has 2 aromatic carbocycles. The van der Waals surface area contributed by atoms with E-state index in [2.05, 4.69) is 18.3 Å². The lowest BCUT2D eigenvalue weighted by atomic mass is 10.0. The molecule has 0 aliphatic carbocycles. The van der Waals surface area contributed by atoms with Crippen molar-refractivity contribution in [1.29, 1.82) is 0 Å². The summed E-state index contributed by atoms with van der Waals surface area (Å²) in [5.41, 5.74) is 2.77. The molecule has 3 aromatic rings. The van der Waals surface area contributed by atoms with Gasteiger partial charge in [-0.25, -0.2) is 4.79 Å². The van der Waals surface area contributed by atoms with Crippen molar-refractivity contribution in [2.45, 2.75) is 19.4 Å². The lowest BCUT2D eigenvalue weighted by Crippen LogP contribution is -2.15. The van der Waals surface area contributed by atoms with Crippen LogP contribution in [0.15, 0.2) is 57.7 Å². The fourth-order valence-electron chi connectivity index (χ4n) is 2.92. The monoisotopic (exact) mass is 323 g/mol. The van der Waals surface area contributed by atoms with Crippen LogP contribution in [-0.4, -0.2) is 14.2 Å². The number of methoxy groups -OCH3 is 1. The fraction of sp³-hybridized carbons (Fsp3) is 0.250. The molecule has 0 saturated heterocycles. The Hall–Kier alpha value is -2.59. The van der Waals surface area contributed by atoms with E-state index in [0.717, 1.165) is 28.7 Å². The number of fused-ring (bicyclic) bond motifs is 1. The van der Waals surface area contributed by atoms with Crippen molar-refractivity contribution in [1.82, 2.24) is 5.32 Å². The normalized spacial score (nSPS) is 12.3. The molecule has 3 rings (SSSR count). The van der Waals surface area contributed by atoms with Gasteiger partial charge in [0.25, 0.3) is 0 Å². The van der Waals surface area contributed by atoms with E-state index in [1.807, 2.05) is 49.5 Å². The summed E-state index contributed by atoms with van der Waals surface area (Å²) >= 11 is 0. The van der Waals surface area contributed by atoms with E-state index in [1.54, 1.807) is 7.11 Å². The molecule has 0 amide bonds. The first-order valence-electron chi connectivity index (χ1n) is 8.05. The second kappa shape index (κ2) is 6.89. The zero-order chi connectivity index (χ0) is 17.1. The van der Waals surface area contributed by atoms with Gasteiger partial charge in [0.1, 0.15) is 11.3 Å². The Morgan fingerprint density at radius 1 is 1.12 bits per heavy atom. The molecule has 4 heteroatoms. The van der Waals surface area contributed by atoms with Crippen molar-refractivity contribution < 1.29 is 9.15 Å². The summed E-state index contributed by atoms with van der Waals surface area (Å²) in [6, 6.07) is 15.5. The van der Waals surface area contributed by atoms with Gasteiger partial charge in [-0.05, 0) is 48.9 Å². The summed E-state index contributed by atoms with van der Waals surface area (Å²) in [6.45, 7) is 2.12. The van der Waals surface area contributed by atoms with E-state index in [0.29, 0.717) is 11.1 Å². The van der Waals surface area contributed by atoms with Crippen molar-refractivity contribution in [2.24, 2.45) is 0 Å². The van der Waals surface area contributed by atoms with Gasteiger partial charge in [-0.3, -0.25) is 0 Å². The zero-order valence-electron chi connectivity index (χ0n) is 14.1. The van der Waals surface area contributed by atoms with E-state index < -0.39 is 0 Å². The molecule has 1 aromatic heterocycles. The van der Waals surface area contributed by atoms with Gasteiger partial charge >= 0.3 is 5.63 Å². The summed E-state index contributed by atoms with van der Waals surface area (Å²) in [6.07, 6.45) is 0.968. The van der Waals surface area contributed by atoms with E-state index in [9.17, 15) is 4.79 Å². The average molecular weight is 323 g/mol. The Morgan fingerprint density at radius 3 is 2.50 bits per heavy atom. The molecule has 24 heavy (non-hydrogen) atoms. The molecule has 1 N–H and O–H groups in total. The molecule has 0 fully saturated rings. The minimum atomic E-state index is -0.331. The average Bonchev–Trinajstić information content (AvgIpc) is 2.62. The van der Waals surface area contributed by atoms with E-state index in [-0.39, 0.29) is 11.7 Å². The first-order valence-corrected chi connectivity index (χ1v) is 8.05. The number of ether oxygens (including phenoxy) is 1. The second-order valence-electron chi connectivity index (χ2n) is 5.72. The summed E-state index contributed by atoms with van der Waals surface area (Å²) in [5.74, 6) is 0.756. The van der Waals surface area contributed by atoms with E-state index in [4.69, 9.17) is 9.15 Å². The Labute approximate surface area is 141 Å². The highest BCUT2D eigenvalue weighted by Crippen LogP contribution is 2.26. The van der Waals surface area contributed by atoms with Crippen LogP contribution in [0.2, 0.25) is 0 Å². The number of benzene rings is 2. The molecule has 0 aliphatic heterocycles. The molecule has 0 aliphatic rings. The lowest BCUT2D eigenvalue weighted by Gasteiger charge is -2.14. The standard InChI is InChI=1S/C20H21NO3/c1-4-18(21-2)14-5-6-15-11-17(20(22)24-19(15)12-14)13-7-9-16(23-3)10-8-13/h5-12,18,21H,4H2,1-3H3. The maximum atomic E-state index is 12.4. The van der Waals surface area contributed by atoms with E-state index in [1.165, 1.54) is 0 Å². The lowest BCUT2D eigenvalue weighted by molar-refractivity contribution is 0.415. The van der Waals surface area contributed by atoms with Crippen molar-refractivity contribution in [3.63, 3.8) is 0 Å². The predicted molar refractivity (Wildman–Crippen MR) is 96.6 cm³/mol. The van der Waals surface area contributed by atoms with Gasteiger partial charge in [0.05, 0.1) is 12.7 Å². The molecular formula is C20H21NO3. The smallest absolute Gasteiger partial charge is 0.344 e. The molecule has 0 saturated carbocycles. The summed E-state index contributed by atoms with van der Waals surface area (Å²) in [4.78, 5) is 12.4. The summed E-state index contributed by atoms with van der Waals surface area (Å²) < 4.78 is 10.7. The van der Waals surface area contributed by atoms with Crippen LogP contribution in [0.3, 0.4) is 0 Å². The van der Waals surface area contributed by atoms with Gasteiger partial charge in [0.2, 0.25) is 0 Å². The van der Waals surface area contributed by atoms with Crippen molar-refractivity contribution in [3.05, 3.63) is 64.5 Å². The minimum absolute atomic E-state index is 0.251. The van der Waals surface area contributed by atoms with Crippen LogP contribution in [0.5, 0.6) is 5.75 Å². The number of hydrogen-bond donors (Lipinski definition) is 1. The number of hydrogen-bond acceptors (Lipinski definition) is 4. The maximum Gasteiger partial charge on any atom is 0.344 e. The molecular weight excluding hydrogens is 302 g/mol. The van der Waals surface area contributed by atoms with Crippen molar-refractivity contribution in [2.75, 3.05) is 14.2 Å². The van der Waals surface area contributed by atoms with Gasteiger partial charge in [0, 0.05) is 11.4 Å². The number of rotatable bonds is 5. The van der Waals surface area contributed by atoms with Gasteiger partial charge < -0.3 is 14.5 Å². The highest BCUT2D eigenvalue weighted by molar-refractivity contribution is 5.82. The molecule has 0 radical (unpaired) electrons. The van der Waals surface area contributed by atoms with Crippen molar-refractivity contribution >= 4 is 11.0 Å². The quantitative estimate of drug-likeness (QED) is 0.717. The van der Waals surface area contributed by atoms with Crippen molar-refractivity contribution in [3.8, 4) is 16.9 Å². The van der Waals surface area contributed by atoms with Crippen LogP contribution in [0.25, 0.3) is 22.1 Å². The summed E-state index contributed by atoms with van der Waals surface area (Å²) in [7, 11) is 3.55. The van der Waals surface area contributed by atoms with Crippen LogP contribution < -0.4 is 15.7 Å². The van der Waals surface area contributed by atoms with E-state index >= 15 is 0 Å². The van der Waals surface area contributed by atoms with Gasteiger partial charge in [-0.15, -0.1) is 0 Å². The molecule has 0 bridgehead atoms. The minimum Gasteiger partial charge on any atom is -0.497 e. The third kappa shape index (κ3) is 3.05. The molecule has 124 valence electrons. The molecule has 1 atom stereocenters. The Balaban J connectivity index is 2.07. The number of nitrogens with one attached hydrogen (secondary N) is 1. The van der Waals surface area contributed by atoms with Gasteiger partial charge in [0.15, 0.2) is 0 Å². The highest BCUT2D eigenvalue weighted by atomic mass is 16.5. The Bertz CT molecular complexity index is 893. The van der Waals surface area contributed by atoms with Crippen LogP contribution in [-0.2, 0) is 0 Å². The molecule has 1 unspecified atom stereocenters. The zero-order valence-corrected chi connectivity index (χ0v) is 14.1. The van der Waals surface area contributed by atoms with Crippen LogP contribution in [0.4, 0.5) is 0 Å². The van der Waals surface area contributed by atoms with Gasteiger partial charge in [-0.1, -0.05) is 31.2 Å².